The Morgan fingerprint density at radius 3 is 2.14 bits per heavy atom. The lowest BCUT2D eigenvalue weighted by Crippen LogP contribution is -2.28. The Labute approximate surface area is 180 Å². The molecule has 0 radical (unpaired) electrons. The number of hydrogen-bond donors (Lipinski definition) is 2. The highest BCUT2D eigenvalue weighted by Crippen LogP contribution is 2.34. The smallest absolute Gasteiger partial charge is 0.172 e. The Balaban J connectivity index is 6.24. The van der Waals surface area contributed by atoms with Crippen molar-refractivity contribution < 1.29 is 4.58 Å². The molecule has 0 rings (SSSR count). The summed E-state index contributed by atoms with van der Waals surface area (Å²) in [7, 11) is 0. The second-order valence-electron chi connectivity index (χ2n) is 7.70. The largest absolute Gasteiger partial charge is 0.397 e. The molecule has 0 spiro atoms. The van der Waals surface area contributed by atoms with Gasteiger partial charge in [-0.2, -0.15) is 0 Å². The van der Waals surface area contributed by atoms with Gasteiger partial charge in [-0.1, -0.05) is 58.1 Å². The van der Waals surface area contributed by atoms with Crippen molar-refractivity contribution in [2.75, 3.05) is 13.1 Å². The Morgan fingerprint density at radius 1 is 1.03 bits per heavy atom. The third kappa shape index (κ3) is 8.72. The Kier molecular flexibility index (Phi) is 12.7. The summed E-state index contributed by atoms with van der Waals surface area (Å²) in [5.41, 5.74) is 11.6. The Hall–Kier alpha value is -2.29. The van der Waals surface area contributed by atoms with Gasteiger partial charge < -0.3 is 11.1 Å². The van der Waals surface area contributed by atoms with Crippen LogP contribution in [0.4, 0.5) is 0 Å². The summed E-state index contributed by atoms with van der Waals surface area (Å²) in [4.78, 5) is 0. The second-order valence-corrected chi connectivity index (χ2v) is 7.70. The Morgan fingerprint density at radius 2 is 1.66 bits per heavy atom. The van der Waals surface area contributed by atoms with Gasteiger partial charge in [-0.15, -0.1) is 0 Å². The number of nitrogens with two attached hydrogens (primary N) is 1. The number of nitrogens with zero attached hydrogens (tertiary/aromatic N) is 1. The van der Waals surface area contributed by atoms with Crippen molar-refractivity contribution >= 4 is 5.71 Å². The normalized spacial score (nSPS) is 14.3. The fraction of sp³-hybridized carbons (Fsp3) is 0.500. The average Bonchev–Trinajstić information content (AvgIpc) is 2.69. The van der Waals surface area contributed by atoms with Crippen LogP contribution in [0.5, 0.6) is 0 Å². The first-order valence-electron chi connectivity index (χ1n) is 10.9. The maximum atomic E-state index is 6.60. The molecule has 0 fully saturated rings. The molecule has 0 atom stereocenters. The third-order valence-corrected chi connectivity index (χ3v) is 5.33. The second kappa shape index (κ2) is 13.8. The van der Waals surface area contributed by atoms with Gasteiger partial charge in [0.05, 0.1) is 5.70 Å². The van der Waals surface area contributed by atoms with E-state index in [9.17, 15) is 0 Å². The summed E-state index contributed by atoms with van der Waals surface area (Å²) in [6.45, 7) is 23.3. The number of nitrogens with one attached hydrogen (secondary N) is 1. The summed E-state index contributed by atoms with van der Waals surface area (Å²) in [5, 5.41) is 3.45. The predicted molar refractivity (Wildman–Crippen MR) is 131 cm³/mol. The van der Waals surface area contributed by atoms with Gasteiger partial charge in [0.2, 0.25) is 0 Å². The van der Waals surface area contributed by atoms with Crippen molar-refractivity contribution in [2.24, 2.45) is 11.1 Å². The maximum Gasteiger partial charge on any atom is 0.172 e. The number of allylic oxidation sites excluding steroid dienone is 8. The van der Waals surface area contributed by atoms with Crippen LogP contribution >= 0.6 is 0 Å². The molecule has 3 nitrogen and oxygen atoms in total. The lowest BCUT2D eigenvalue weighted by molar-refractivity contribution is -0.520. The van der Waals surface area contributed by atoms with Gasteiger partial charge in [0, 0.05) is 24.1 Å². The fourth-order valence-corrected chi connectivity index (χ4v) is 3.11. The predicted octanol–water partition coefficient (Wildman–Crippen LogP) is 6.23. The molecule has 0 saturated heterocycles. The monoisotopic (exact) mass is 398 g/mol. The van der Waals surface area contributed by atoms with Crippen LogP contribution in [-0.2, 0) is 0 Å². The minimum absolute atomic E-state index is 0.200. The van der Waals surface area contributed by atoms with E-state index in [4.69, 9.17) is 5.73 Å². The Bertz CT molecular complexity index is 704. The molecular weight excluding hydrogens is 354 g/mol. The van der Waals surface area contributed by atoms with Crippen LogP contribution in [-0.4, -0.2) is 23.4 Å². The molecule has 0 aromatic heterocycles. The van der Waals surface area contributed by atoms with E-state index >= 15 is 0 Å². The lowest BCUT2D eigenvalue weighted by atomic mass is 9.80. The number of hydrogen-bond acceptors (Lipinski definition) is 2. The van der Waals surface area contributed by atoms with Crippen molar-refractivity contribution in [3.8, 4) is 0 Å². The van der Waals surface area contributed by atoms with E-state index in [-0.39, 0.29) is 5.41 Å². The van der Waals surface area contributed by atoms with Gasteiger partial charge in [0.25, 0.3) is 0 Å². The van der Waals surface area contributed by atoms with E-state index in [1.165, 1.54) is 11.3 Å². The zero-order valence-electron chi connectivity index (χ0n) is 20.1. The molecule has 3 heteroatoms. The van der Waals surface area contributed by atoms with Crippen molar-refractivity contribution in [1.82, 2.24) is 5.32 Å². The van der Waals surface area contributed by atoms with Crippen LogP contribution in [0.1, 0.15) is 68.2 Å². The molecule has 162 valence electrons. The molecule has 3 N–H and O–H groups in total. The third-order valence-electron chi connectivity index (χ3n) is 5.33. The van der Waals surface area contributed by atoms with E-state index in [2.05, 4.69) is 96.2 Å². The van der Waals surface area contributed by atoms with Crippen molar-refractivity contribution in [3.63, 3.8) is 0 Å². The van der Waals surface area contributed by atoms with Crippen molar-refractivity contribution in [2.45, 2.75) is 68.2 Å². The van der Waals surface area contributed by atoms with E-state index in [1.54, 1.807) is 0 Å². The van der Waals surface area contributed by atoms with E-state index in [1.807, 2.05) is 18.4 Å². The average molecular weight is 399 g/mol. The summed E-state index contributed by atoms with van der Waals surface area (Å²) >= 11 is 0. The SMILES string of the molecule is C=CC(/C=C\C(C)=[N+](CC)CC)=C\C(N)=C(/N/C=C/CC)C(C)(C)/C(C)=C/CC. The van der Waals surface area contributed by atoms with Gasteiger partial charge >= 0.3 is 0 Å². The maximum absolute atomic E-state index is 6.60. The highest BCUT2D eigenvalue weighted by atomic mass is 15.0. The summed E-state index contributed by atoms with van der Waals surface area (Å²) in [5.74, 6) is 0. The molecule has 0 aliphatic heterocycles. The van der Waals surface area contributed by atoms with Gasteiger partial charge in [0.15, 0.2) is 5.71 Å². The highest BCUT2D eigenvalue weighted by molar-refractivity contribution is 5.89. The fourth-order valence-electron chi connectivity index (χ4n) is 3.11. The first kappa shape index (κ1) is 26.7. The zero-order chi connectivity index (χ0) is 22.4. The van der Waals surface area contributed by atoms with E-state index < -0.39 is 0 Å². The molecule has 0 saturated carbocycles. The van der Waals surface area contributed by atoms with Gasteiger partial charge in [-0.05, 0) is 57.5 Å². The highest BCUT2D eigenvalue weighted by Gasteiger charge is 2.26. The lowest BCUT2D eigenvalue weighted by Gasteiger charge is -2.31. The van der Waals surface area contributed by atoms with Gasteiger partial charge in [-0.3, -0.25) is 0 Å². The minimum Gasteiger partial charge on any atom is -0.397 e. The molecular formula is C26H44N3+. The summed E-state index contributed by atoms with van der Waals surface area (Å²) in [6, 6.07) is 0. The molecule has 0 amide bonds. The standard InChI is InChI=1S/C26H43N3/c1-10-15-19-28-25(26(8,9)21(6)16-11-2)24(27)20-23(12-3)18-17-22(7)29(13-4)14-5/h12,15-20H,3,10-11,13-14,27H2,1-2,4-9H3/p+1/b19-15+,21-16+. The first-order valence-corrected chi connectivity index (χ1v) is 10.9. The molecule has 0 heterocycles. The molecule has 0 aliphatic carbocycles. The molecule has 0 aromatic carbocycles. The topological polar surface area (TPSA) is 41.1 Å². The van der Waals surface area contributed by atoms with Crippen molar-refractivity contribution in [1.29, 1.82) is 0 Å². The molecule has 0 aromatic rings. The minimum atomic E-state index is -0.200. The van der Waals surface area contributed by atoms with Crippen LogP contribution in [0.15, 0.2) is 71.8 Å². The van der Waals surface area contributed by atoms with Crippen LogP contribution in [0, 0.1) is 5.41 Å². The number of rotatable bonds is 12. The van der Waals surface area contributed by atoms with E-state index in [0.29, 0.717) is 0 Å². The van der Waals surface area contributed by atoms with Crippen molar-refractivity contribution in [3.05, 3.63) is 71.8 Å². The molecule has 29 heavy (non-hydrogen) atoms. The van der Waals surface area contributed by atoms with Gasteiger partial charge in [0.1, 0.15) is 13.1 Å². The quantitative estimate of drug-likeness (QED) is 0.177. The van der Waals surface area contributed by atoms with E-state index in [0.717, 1.165) is 42.9 Å². The molecule has 0 unspecified atom stereocenters. The first-order chi connectivity index (χ1) is 13.7. The zero-order valence-corrected chi connectivity index (χ0v) is 20.1. The summed E-state index contributed by atoms with van der Waals surface area (Å²) < 4.78 is 2.32. The van der Waals surface area contributed by atoms with Crippen LogP contribution < -0.4 is 11.1 Å². The summed E-state index contributed by atoms with van der Waals surface area (Å²) in [6.07, 6.45) is 16.4. The molecule has 0 aliphatic rings. The molecule has 0 bridgehead atoms. The van der Waals surface area contributed by atoms with Crippen LogP contribution in [0.25, 0.3) is 0 Å². The van der Waals surface area contributed by atoms with Crippen LogP contribution in [0.2, 0.25) is 0 Å². The van der Waals surface area contributed by atoms with Crippen LogP contribution in [0.3, 0.4) is 0 Å². The van der Waals surface area contributed by atoms with Gasteiger partial charge in [-0.25, -0.2) is 4.58 Å².